The smallest absolute Gasteiger partial charge is 0.251 e. The molecule has 0 aliphatic rings. The van der Waals surface area contributed by atoms with Gasteiger partial charge in [-0.2, -0.15) is 0 Å². The van der Waals surface area contributed by atoms with Crippen LogP contribution in [-0.4, -0.2) is 23.3 Å². The first-order chi connectivity index (χ1) is 14.6. The van der Waals surface area contributed by atoms with Gasteiger partial charge in [-0.05, 0) is 36.8 Å². The average Bonchev–Trinajstić information content (AvgIpc) is 3.22. The van der Waals surface area contributed by atoms with Gasteiger partial charge in [0.15, 0.2) is 5.13 Å². The quantitative estimate of drug-likeness (QED) is 0.442. The molecule has 0 fully saturated rings. The van der Waals surface area contributed by atoms with Crippen LogP contribution in [0.3, 0.4) is 0 Å². The number of hydrogen-bond donors (Lipinski definition) is 0. The molecule has 3 rings (SSSR count). The van der Waals surface area contributed by atoms with Gasteiger partial charge in [0.1, 0.15) is 0 Å². The fraction of sp³-hybridized carbons (Fsp3) is 0.208. The third-order valence-corrected chi connectivity index (χ3v) is 5.34. The third-order valence-electron chi connectivity index (χ3n) is 4.50. The number of carbonyl (C=O) groups is 2. The maximum Gasteiger partial charge on any atom is 0.251 e. The molecule has 0 saturated carbocycles. The van der Waals surface area contributed by atoms with E-state index in [4.69, 9.17) is 0 Å². The number of anilines is 3. The molecular formula is C24H25N3O2S. The third kappa shape index (κ3) is 5.42. The van der Waals surface area contributed by atoms with Crippen LogP contribution in [0.25, 0.3) is 6.08 Å². The molecule has 3 aromatic rings. The summed E-state index contributed by atoms with van der Waals surface area (Å²) in [4.78, 5) is 32.9. The van der Waals surface area contributed by atoms with Gasteiger partial charge in [-0.25, -0.2) is 4.98 Å². The van der Waals surface area contributed by atoms with Gasteiger partial charge in [0, 0.05) is 30.6 Å². The fourth-order valence-corrected chi connectivity index (χ4v) is 3.85. The predicted molar refractivity (Wildman–Crippen MR) is 124 cm³/mol. The van der Waals surface area contributed by atoms with Gasteiger partial charge in [0.05, 0.1) is 11.4 Å². The topological polar surface area (TPSA) is 53.5 Å². The molecule has 5 nitrogen and oxygen atoms in total. The summed E-state index contributed by atoms with van der Waals surface area (Å²) in [5, 5.41) is 2.42. The summed E-state index contributed by atoms with van der Waals surface area (Å²) in [6.45, 7) is 4.28. The Kier molecular flexibility index (Phi) is 7.51. The molecule has 6 heteroatoms. The van der Waals surface area contributed by atoms with Crippen molar-refractivity contribution in [1.82, 2.24) is 4.98 Å². The summed E-state index contributed by atoms with van der Waals surface area (Å²) in [7, 11) is 0. The Bertz CT molecular complexity index is 1000. The molecule has 2 amide bonds. The van der Waals surface area contributed by atoms with E-state index in [-0.39, 0.29) is 11.8 Å². The molecule has 2 aromatic carbocycles. The van der Waals surface area contributed by atoms with Gasteiger partial charge in [0.2, 0.25) is 5.91 Å². The lowest BCUT2D eigenvalue weighted by molar-refractivity contribution is -0.116. The summed E-state index contributed by atoms with van der Waals surface area (Å²) in [6.07, 6.45) is 5.19. The van der Waals surface area contributed by atoms with E-state index in [9.17, 15) is 9.59 Å². The molecule has 30 heavy (non-hydrogen) atoms. The van der Waals surface area contributed by atoms with Crippen molar-refractivity contribution in [3.8, 4) is 0 Å². The van der Waals surface area contributed by atoms with Crippen LogP contribution in [0.1, 0.15) is 32.4 Å². The Labute approximate surface area is 181 Å². The minimum absolute atomic E-state index is 0.0873. The van der Waals surface area contributed by atoms with Crippen molar-refractivity contribution in [3.05, 3.63) is 77.8 Å². The number of para-hydroxylation sites is 2. The van der Waals surface area contributed by atoms with E-state index in [1.807, 2.05) is 66.0 Å². The first-order valence-electron chi connectivity index (χ1n) is 9.96. The molecular weight excluding hydrogens is 394 g/mol. The van der Waals surface area contributed by atoms with Crippen LogP contribution in [-0.2, 0) is 9.59 Å². The van der Waals surface area contributed by atoms with E-state index in [1.54, 1.807) is 22.0 Å². The molecule has 0 aliphatic carbocycles. The van der Waals surface area contributed by atoms with Crippen LogP contribution in [0.15, 0.2) is 72.1 Å². The molecule has 1 heterocycles. The zero-order chi connectivity index (χ0) is 21.3. The molecule has 0 bridgehead atoms. The molecule has 0 aliphatic heterocycles. The number of benzene rings is 2. The van der Waals surface area contributed by atoms with Gasteiger partial charge in [-0.1, -0.05) is 49.7 Å². The SMILES string of the molecule is CCCCN(C(=O)C=Cc1csc(N(C(C)=O)c2ccccc2)n1)c1ccccc1. The minimum Gasteiger partial charge on any atom is -0.309 e. The van der Waals surface area contributed by atoms with Gasteiger partial charge in [0.25, 0.3) is 5.91 Å². The average molecular weight is 420 g/mol. The lowest BCUT2D eigenvalue weighted by atomic mass is 10.2. The standard InChI is InChI=1S/C24H25N3O2S/c1-3-4-17-26(21-11-7-5-8-12-21)23(29)16-15-20-18-30-24(25-20)27(19(2)28)22-13-9-6-10-14-22/h5-16,18H,3-4,17H2,1-2H3. The highest BCUT2D eigenvalue weighted by molar-refractivity contribution is 7.14. The molecule has 154 valence electrons. The van der Waals surface area contributed by atoms with Crippen LogP contribution in [0.2, 0.25) is 0 Å². The van der Waals surface area contributed by atoms with E-state index in [1.165, 1.54) is 18.3 Å². The zero-order valence-electron chi connectivity index (χ0n) is 17.2. The first-order valence-corrected chi connectivity index (χ1v) is 10.8. The van der Waals surface area contributed by atoms with Crippen LogP contribution in [0.5, 0.6) is 0 Å². The number of amides is 2. The van der Waals surface area contributed by atoms with E-state index in [2.05, 4.69) is 11.9 Å². The Morgan fingerprint density at radius 3 is 2.23 bits per heavy atom. The monoisotopic (exact) mass is 419 g/mol. The summed E-state index contributed by atoms with van der Waals surface area (Å²) >= 11 is 1.37. The summed E-state index contributed by atoms with van der Waals surface area (Å²) in [5.41, 5.74) is 2.29. The Morgan fingerprint density at radius 2 is 1.63 bits per heavy atom. The summed E-state index contributed by atoms with van der Waals surface area (Å²) in [6, 6.07) is 19.1. The van der Waals surface area contributed by atoms with Crippen molar-refractivity contribution >= 4 is 45.7 Å². The van der Waals surface area contributed by atoms with Gasteiger partial charge in [-0.15, -0.1) is 11.3 Å². The number of aromatic nitrogens is 1. The van der Waals surface area contributed by atoms with E-state index in [0.29, 0.717) is 17.4 Å². The number of unbranched alkanes of at least 4 members (excludes halogenated alkanes) is 1. The number of carbonyl (C=O) groups excluding carboxylic acids is 2. The van der Waals surface area contributed by atoms with E-state index < -0.39 is 0 Å². The van der Waals surface area contributed by atoms with Gasteiger partial charge < -0.3 is 4.90 Å². The van der Waals surface area contributed by atoms with Gasteiger partial charge >= 0.3 is 0 Å². The highest BCUT2D eigenvalue weighted by Crippen LogP contribution is 2.29. The molecule has 0 N–H and O–H groups in total. The van der Waals surface area contributed by atoms with Crippen LogP contribution in [0, 0.1) is 0 Å². The largest absolute Gasteiger partial charge is 0.309 e. The maximum atomic E-state index is 12.8. The number of hydrogen-bond acceptors (Lipinski definition) is 4. The molecule has 0 spiro atoms. The van der Waals surface area contributed by atoms with Crippen molar-refractivity contribution in [1.29, 1.82) is 0 Å². The fourth-order valence-electron chi connectivity index (χ4n) is 3.00. The van der Waals surface area contributed by atoms with Gasteiger partial charge in [-0.3, -0.25) is 14.5 Å². The highest BCUT2D eigenvalue weighted by Gasteiger charge is 2.17. The highest BCUT2D eigenvalue weighted by atomic mass is 32.1. The second-order valence-electron chi connectivity index (χ2n) is 6.76. The number of nitrogens with zero attached hydrogens (tertiary/aromatic N) is 3. The summed E-state index contributed by atoms with van der Waals surface area (Å²) in [5.74, 6) is -0.201. The van der Waals surface area contributed by atoms with E-state index >= 15 is 0 Å². The van der Waals surface area contributed by atoms with Crippen LogP contribution >= 0.6 is 11.3 Å². The number of thiazole rings is 1. The van der Waals surface area contributed by atoms with Crippen LogP contribution in [0.4, 0.5) is 16.5 Å². The van der Waals surface area contributed by atoms with Crippen molar-refractivity contribution in [2.24, 2.45) is 0 Å². The van der Waals surface area contributed by atoms with E-state index in [0.717, 1.165) is 24.2 Å². The minimum atomic E-state index is -0.114. The number of rotatable bonds is 8. The first kappa shape index (κ1) is 21.5. The van der Waals surface area contributed by atoms with Crippen molar-refractivity contribution in [2.45, 2.75) is 26.7 Å². The molecule has 0 unspecified atom stereocenters. The molecule has 1 aromatic heterocycles. The van der Waals surface area contributed by atoms with Crippen molar-refractivity contribution in [2.75, 3.05) is 16.3 Å². The zero-order valence-corrected chi connectivity index (χ0v) is 18.0. The van der Waals surface area contributed by atoms with Crippen molar-refractivity contribution in [3.63, 3.8) is 0 Å². The van der Waals surface area contributed by atoms with Crippen LogP contribution < -0.4 is 9.80 Å². The lowest BCUT2D eigenvalue weighted by Crippen LogP contribution is -2.30. The second-order valence-corrected chi connectivity index (χ2v) is 7.59. The molecule has 0 atom stereocenters. The Hall–Kier alpha value is -3.25. The Morgan fingerprint density at radius 1 is 1.00 bits per heavy atom. The second kappa shape index (κ2) is 10.5. The maximum absolute atomic E-state index is 12.8. The molecule has 0 saturated heterocycles. The normalized spacial score (nSPS) is 10.9. The predicted octanol–water partition coefficient (Wildman–Crippen LogP) is 5.67. The lowest BCUT2D eigenvalue weighted by Gasteiger charge is -2.21. The Balaban J connectivity index is 1.78. The molecule has 0 radical (unpaired) electrons. The van der Waals surface area contributed by atoms with Crippen molar-refractivity contribution < 1.29 is 9.59 Å². The summed E-state index contributed by atoms with van der Waals surface area (Å²) < 4.78 is 0.